The van der Waals surface area contributed by atoms with Crippen LogP contribution in [0.1, 0.15) is 58.8 Å². The lowest BCUT2D eigenvalue weighted by Gasteiger charge is -2.15. The zero-order valence-corrected chi connectivity index (χ0v) is 10.2. The van der Waals surface area contributed by atoms with Crippen LogP contribution in [0.15, 0.2) is 12.2 Å². The van der Waals surface area contributed by atoms with Gasteiger partial charge < -0.3 is 5.73 Å². The molecule has 0 saturated heterocycles. The van der Waals surface area contributed by atoms with Gasteiger partial charge in [-0.25, -0.2) is 0 Å². The summed E-state index contributed by atoms with van der Waals surface area (Å²) in [6.45, 7) is 8.12. The van der Waals surface area contributed by atoms with Crippen LogP contribution >= 0.6 is 0 Å². The third-order valence-corrected chi connectivity index (χ3v) is 2.80. The van der Waals surface area contributed by atoms with Crippen molar-refractivity contribution in [1.29, 1.82) is 0 Å². The molecule has 0 aliphatic heterocycles. The number of amides is 1. The highest BCUT2D eigenvalue weighted by atomic mass is 16.1. The van der Waals surface area contributed by atoms with Gasteiger partial charge in [-0.15, -0.1) is 0 Å². The van der Waals surface area contributed by atoms with E-state index in [2.05, 4.69) is 20.4 Å². The molecule has 0 radical (unpaired) electrons. The molecular formula is C13H25NO. The fraction of sp³-hybridized carbons (Fsp3) is 0.769. The summed E-state index contributed by atoms with van der Waals surface area (Å²) in [5, 5.41) is 0. The Morgan fingerprint density at radius 2 is 1.87 bits per heavy atom. The first-order valence-corrected chi connectivity index (χ1v) is 6.09. The first-order chi connectivity index (χ1) is 7.11. The third kappa shape index (κ3) is 7.18. The molecule has 0 aliphatic rings. The Balaban J connectivity index is 3.91. The number of nitrogens with two attached hydrogens (primary N) is 1. The van der Waals surface area contributed by atoms with Gasteiger partial charge in [-0.05, 0) is 12.3 Å². The summed E-state index contributed by atoms with van der Waals surface area (Å²) in [6, 6.07) is 0. The maximum absolute atomic E-state index is 10.9. The summed E-state index contributed by atoms with van der Waals surface area (Å²) < 4.78 is 0. The minimum atomic E-state index is -0.341. The molecule has 0 bridgehead atoms. The minimum absolute atomic E-state index is 0.341. The molecule has 15 heavy (non-hydrogen) atoms. The van der Waals surface area contributed by atoms with E-state index in [1.165, 1.54) is 38.5 Å². The van der Waals surface area contributed by atoms with E-state index in [4.69, 9.17) is 5.73 Å². The Labute approximate surface area is 93.9 Å². The van der Waals surface area contributed by atoms with E-state index in [9.17, 15) is 4.79 Å². The van der Waals surface area contributed by atoms with Crippen molar-refractivity contribution in [2.75, 3.05) is 0 Å². The SMILES string of the molecule is C=C(CC(CCC)CCCCC)C(N)=O. The van der Waals surface area contributed by atoms with Crippen molar-refractivity contribution in [1.82, 2.24) is 0 Å². The van der Waals surface area contributed by atoms with Crippen LogP contribution < -0.4 is 5.73 Å². The predicted molar refractivity (Wildman–Crippen MR) is 65.5 cm³/mol. The average molecular weight is 211 g/mol. The Bertz CT molecular complexity index is 199. The van der Waals surface area contributed by atoms with Crippen LogP contribution in [0.2, 0.25) is 0 Å². The van der Waals surface area contributed by atoms with Crippen LogP contribution in [0.25, 0.3) is 0 Å². The fourth-order valence-corrected chi connectivity index (χ4v) is 1.89. The van der Waals surface area contributed by atoms with Gasteiger partial charge in [0.05, 0.1) is 0 Å². The molecule has 0 rings (SSSR count). The molecule has 0 aromatic rings. The van der Waals surface area contributed by atoms with Crippen molar-refractivity contribution in [3.8, 4) is 0 Å². The molecule has 0 aromatic heterocycles. The number of hydrogen-bond acceptors (Lipinski definition) is 1. The van der Waals surface area contributed by atoms with Gasteiger partial charge in [-0.3, -0.25) is 4.79 Å². The van der Waals surface area contributed by atoms with Gasteiger partial charge >= 0.3 is 0 Å². The van der Waals surface area contributed by atoms with Crippen LogP contribution in [-0.4, -0.2) is 5.91 Å². The molecule has 88 valence electrons. The average Bonchev–Trinajstić information content (AvgIpc) is 2.18. The molecule has 0 heterocycles. The second-order valence-corrected chi connectivity index (χ2v) is 4.32. The Morgan fingerprint density at radius 1 is 1.20 bits per heavy atom. The standard InChI is InChI=1S/C13H25NO/c1-4-6-7-9-12(8-5-2)10-11(3)13(14)15/h12H,3-10H2,1-2H3,(H2,14,15). The van der Waals surface area contributed by atoms with Gasteiger partial charge in [0.2, 0.25) is 5.91 Å². The van der Waals surface area contributed by atoms with E-state index in [0.717, 1.165) is 6.42 Å². The number of unbranched alkanes of at least 4 members (excludes halogenated alkanes) is 2. The van der Waals surface area contributed by atoms with Crippen molar-refractivity contribution < 1.29 is 4.79 Å². The fourth-order valence-electron chi connectivity index (χ4n) is 1.89. The van der Waals surface area contributed by atoms with Gasteiger partial charge in [0.15, 0.2) is 0 Å². The molecule has 1 atom stereocenters. The smallest absolute Gasteiger partial charge is 0.244 e. The van der Waals surface area contributed by atoms with Crippen LogP contribution in [0.3, 0.4) is 0 Å². The Morgan fingerprint density at radius 3 is 2.33 bits per heavy atom. The molecule has 0 spiro atoms. The number of primary amides is 1. The normalized spacial score (nSPS) is 12.4. The monoisotopic (exact) mass is 211 g/mol. The lowest BCUT2D eigenvalue weighted by molar-refractivity contribution is -0.114. The van der Waals surface area contributed by atoms with Crippen molar-refractivity contribution in [2.24, 2.45) is 11.7 Å². The molecule has 0 aliphatic carbocycles. The summed E-state index contributed by atoms with van der Waals surface area (Å²) in [7, 11) is 0. The third-order valence-electron chi connectivity index (χ3n) is 2.80. The predicted octanol–water partition coefficient (Wildman–Crippen LogP) is 3.41. The van der Waals surface area contributed by atoms with Gasteiger partial charge in [-0.2, -0.15) is 0 Å². The number of rotatable bonds is 9. The van der Waals surface area contributed by atoms with Gasteiger partial charge in [-0.1, -0.05) is 59.0 Å². The molecule has 2 heteroatoms. The van der Waals surface area contributed by atoms with Crippen LogP contribution in [-0.2, 0) is 4.79 Å². The highest BCUT2D eigenvalue weighted by Gasteiger charge is 2.11. The molecule has 0 fully saturated rings. The van der Waals surface area contributed by atoms with Crippen LogP contribution in [0.5, 0.6) is 0 Å². The van der Waals surface area contributed by atoms with E-state index < -0.39 is 0 Å². The highest BCUT2D eigenvalue weighted by molar-refractivity contribution is 5.91. The zero-order chi connectivity index (χ0) is 11.7. The summed E-state index contributed by atoms with van der Waals surface area (Å²) in [6.07, 6.45) is 8.12. The zero-order valence-electron chi connectivity index (χ0n) is 10.2. The van der Waals surface area contributed by atoms with Crippen molar-refractivity contribution in [3.05, 3.63) is 12.2 Å². The van der Waals surface area contributed by atoms with Crippen molar-refractivity contribution in [2.45, 2.75) is 58.8 Å². The second-order valence-electron chi connectivity index (χ2n) is 4.32. The van der Waals surface area contributed by atoms with Gasteiger partial charge in [0, 0.05) is 5.57 Å². The summed E-state index contributed by atoms with van der Waals surface area (Å²) in [5.41, 5.74) is 5.78. The number of carbonyl (C=O) groups excluding carboxylic acids is 1. The maximum atomic E-state index is 10.9. The van der Waals surface area contributed by atoms with Crippen LogP contribution in [0, 0.1) is 5.92 Å². The van der Waals surface area contributed by atoms with E-state index in [0.29, 0.717) is 11.5 Å². The van der Waals surface area contributed by atoms with Crippen LogP contribution in [0.4, 0.5) is 0 Å². The molecule has 2 nitrogen and oxygen atoms in total. The van der Waals surface area contributed by atoms with E-state index in [1.807, 2.05) is 0 Å². The molecule has 2 N–H and O–H groups in total. The highest BCUT2D eigenvalue weighted by Crippen LogP contribution is 2.22. The quantitative estimate of drug-likeness (QED) is 0.461. The summed E-state index contributed by atoms with van der Waals surface area (Å²) in [5.74, 6) is 0.258. The van der Waals surface area contributed by atoms with Crippen molar-refractivity contribution >= 4 is 5.91 Å². The topological polar surface area (TPSA) is 43.1 Å². The minimum Gasteiger partial charge on any atom is -0.366 e. The lowest BCUT2D eigenvalue weighted by atomic mass is 9.90. The summed E-state index contributed by atoms with van der Waals surface area (Å²) in [4.78, 5) is 10.9. The Kier molecular flexibility index (Phi) is 8.06. The van der Waals surface area contributed by atoms with Gasteiger partial charge in [0.25, 0.3) is 0 Å². The molecule has 0 aromatic carbocycles. The first-order valence-electron chi connectivity index (χ1n) is 6.09. The molecule has 0 saturated carbocycles. The number of hydrogen-bond donors (Lipinski definition) is 1. The summed E-state index contributed by atoms with van der Waals surface area (Å²) >= 11 is 0. The Hall–Kier alpha value is -0.790. The van der Waals surface area contributed by atoms with Gasteiger partial charge in [0.1, 0.15) is 0 Å². The largest absolute Gasteiger partial charge is 0.366 e. The maximum Gasteiger partial charge on any atom is 0.244 e. The van der Waals surface area contributed by atoms with Crippen molar-refractivity contribution in [3.63, 3.8) is 0 Å². The van der Waals surface area contributed by atoms with E-state index >= 15 is 0 Å². The molecule has 1 unspecified atom stereocenters. The van der Waals surface area contributed by atoms with E-state index in [-0.39, 0.29) is 5.91 Å². The lowest BCUT2D eigenvalue weighted by Crippen LogP contribution is -2.16. The first kappa shape index (κ1) is 14.2. The van der Waals surface area contributed by atoms with E-state index in [1.54, 1.807) is 0 Å². The molecule has 1 amide bonds. The molecular weight excluding hydrogens is 186 g/mol. The number of carbonyl (C=O) groups is 1. The second kappa shape index (κ2) is 8.51.